The van der Waals surface area contributed by atoms with Crippen LogP contribution in [0.5, 0.6) is 5.75 Å². The molecule has 1 aliphatic rings. The third-order valence-electron chi connectivity index (χ3n) is 4.78. The summed E-state index contributed by atoms with van der Waals surface area (Å²) in [5.41, 5.74) is 1.86. The first-order valence-electron chi connectivity index (χ1n) is 9.40. The molecule has 0 bridgehead atoms. The number of benzene rings is 2. The highest BCUT2D eigenvalue weighted by atomic mass is 16.5. The van der Waals surface area contributed by atoms with Crippen molar-refractivity contribution in [3.63, 3.8) is 0 Å². The van der Waals surface area contributed by atoms with Gasteiger partial charge in [-0.05, 0) is 43.4 Å². The number of hydrogen-bond donors (Lipinski definition) is 0. The Morgan fingerprint density at radius 3 is 2.46 bits per heavy atom. The number of ether oxygens (including phenoxy) is 2. The summed E-state index contributed by atoms with van der Waals surface area (Å²) in [6.45, 7) is 5.46. The van der Waals surface area contributed by atoms with Gasteiger partial charge in [0.25, 0.3) is 5.91 Å². The topological polar surface area (TPSA) is 38.8 Å². The average Bonchev–Trinajstić information content (AvgIpc) is 2.70. The van der Waals surface area contributed by atoms with Gasteiger partial charge >= 0.3 is 0 Å². The first-order chi connectivity index (χ1) is 12.8. The minimum atomic E-state index is 0.0673. The van der Waals surface area contributed by atoms with Gasteiger partial charge in [0.2, 0.25) is 0 Å². The summed E-state index contributed by atoms with van der Waals surface area (Å²) in [6, 6.07) is 17.7. The van der Waals surface area contributed by atoms with Gasteiger partial charge < -0.3 is 14.4 Å². The predicted molar refractivity (Wildman–Crippen MR) is 102 cm³/mol. The number of likely N-dealkylation sites (tertiary alicyclic amines) is 1. The molecule has 2 aromatic rings. The van der Waals surface area contributed by atoms with E-state index in [1.54, 1.807) is 0 Å². The van der Waals surface area contributed by atoms with E-state index in [9.17, 15) is 4.79 Å². The summed E-state index contributed by atoms with van der Waals surface area (Å²) in [7, 11) is 0. The maximum Gasteiger partial charge on any atom is 0.257 e. The van der Waals surface area contributed by atoms with E-state index in [1.807, 2.05) is 54.3 Å². The highest BCUT2D eigenvalue weighted by molar-refractivity contribution is 5.97. The fourth-order valence-electron chi connectivity index (χ4n) is 3.32. The minimum absolute atomic E-state index is 0.0673. The molecule has 1 fully saturated rings. The van der Waals surface area contributed by atoms with Gasteiger partial charge in [0.15, 0.2) is 0 Å². The van der Waals surface area contributed by atoms with Crippen LogP contribution < -0.4 is 4.74 Å². The average molecular weight is 353 g/mol. The predicted octanol–water partition coefficient (Wildman–Crippen LogP) is 4.15. The normalized spacial score (nSPS) is 15.0. The zero-order chi connectivity index (χ0) is 18.2. The largest absolute Gasteiger partial charge is 0.493 e. The molecular formula is C22H27NO3. The van der Waals surface area contributed by atoms with Crippen molar-refractivity contribution in [1.29, 1.82) is 0 Å². The Morgan fingerprint density at radius 1 is 1.04 bits per heavy atom. The van der Waals surface area contributed by atoms with Crippen molar-refractivity contribution in [2.75, 3.05) is 26.3 Å². The highest BCUT2D eigenvalue weighted by Gasteiger charge is 2.25. The van der Waals surface area contributed by atoms with E-state index in [4.69, 9.17) is 9.47 Å². The first kappa shape index (κ1) is 18.5. The van der Waals surface area contributed by atoms with E-state index >= 15 is 0 Å². The van der Waals surface area contributed by atoms with E-state index in [0.717, 1.165) is 32.5 Å². The summed E-state index contributed by atoms with van der Waals surface area (Å²) < 4.78 is 11.5. The zero-order valence-electron chi connectivity index (χ0n) is 15.4. The maximum absolute atomic E-state index is 12.8. The number of amides is 1. The number of piperidine rings is 1. The summed E-state index contributed by atoms with van der Waals surface area (Å²) >= 11 is 0. The van der Waals surface area contributed by atoms with Crippen molar-refractivity contribution in [1.82, 2.24) is 4.90 Å². The Morgan fingerprint density at radius 2 is 1.73 bits per heavy atom. The molecular weight excluding hydrogens is 326 g/mol. The van der Waals surface area contributed by atoms with Crippen LogP contribution in [-0.4, -0.2) is 37.1 Å². The van der Waals surface area contributed by atoms with E-state index in [1.165, 1.54) is 5.56 Å². The molecule has 1 heterocycles. The number of carbonyl (C=O) groups is 1. The molecule has 0 radical (unpaired) electrons. The van der Waals surface area contributed by atoms with Crippen LogP contribution >= 0.6 is 0 Å². The number of rotatable bonds is 7. The van der Waals surface area contributed by atoms with Gasteiger partial charge in [0, 0.05) is 19.7 Å². The summed E-state index contributed by atoms with van der Waals surface area (Å²) in [5.74, 6) is 1.26. The molecule has 0 N–H and O–H groups in total. The molecule has 4 heteroatoms. The SMILES string of the molecule is CCOc1ccccc1C(=O)N1CCC(COCc2ccccc2)CC1. The molecule has 3 rings (SSSR count). The molecule has 1 saturated heterocycles. The van der Waals surface area contributed by atoms with Crippen LogP contribution in [0.15, 0.2) is 54.6 Å². The van der Waals surface area contributed by atoms with Crippen LogP contribution in [0.1, 0.15) is 35.7 Å². The molecule has 0 unspecified atom stereocenters. The van der Waals surface area contributed by atoms with Gasteiger partial charge in [0.1, 0.15) is 5.75 Å². The van der Waals surface area contributed by atoms with E-state index < -0.39 is 0 Å². The van der Waals surface area contributed by atoms with E-state index in [2.05, 4.69) is 12.1 Å². The van der Waals surface area contributed by atoms with Gasteiger partial charge in [0.05, 0.1) is 18.8 Å². The first-order valence-corrected chi connectivity index (χ1v) is 9.40. The lowest BCUT2D eigenvalue weighted by Crippen LogP contribution is -2.39. The van der Waals surface area contributed by atoms with Gasteiger partial charge in [-0.3, -0.25) is 4.79 Å². The zero-order valence-corrected chi connectivity index (χ0v) is 15.4. The van der Waals surface area contributed by atoms with Crippen molar-refractivity contribution in [2.45, 2.75) is 26.4 Å². The second-order valence-corrected chi connectivity index (χ2v) is 6.67. The van der Waals surface area contributed by atoms with Crippen molar-refractivity contribution >= 4 is 5.91 Å². The van der Waals surface area contributed by atoms with Crippen LogP contribution in [0.25, 0.3) is 0 Å². The third-order valence-corrected chi connectivity index (χ3v) is 4.78. The molecule has 0 spiro atoms. The summed E-state index contributed by atoms with van der Waals surface area (Å²) in [4.78, 5) is 14.8. The van der Waals surface area contributed by atoms with Crippen LogP contribution in [0.3, 0.4) is 0 Å². The summed E-state index contributed by atoms with van der Waals surface area (Å²) in [5, 5.41) is 0. The number of hydrogen-bond acceptors (Lipinski definition) is 3. The Balaban J connectivity index is 1.47. The Hall–Kier alpha value is -2.33. The minimum Gasteiger partial charge on any atom is -0.493 e. The molecule has 0 aliphatic carbocycles. The molecule has 1 amide bonds. The van der Waals surface area contributed by atoms with Gasteiger partial charge in [-0.2, -0.15) is 0 Å². The molecule has 4 nitrogen and oxygen atoms in total. The Bertz CT molecular complexity index is 694. The molecule has 2 aromatic carbocycles. The molecule has 138 valence electrons. The fraction of sp³-hybridized carbons (Fsp3) is 0.409. The van der Waals surface area contributed by atoms with Gasteiger partial charge in [-0.1, -0.05) is 42.5 Å². The maximum atomic E-state index is 12.8. The smallest absolute Gasteiger partial charge is 0.257 e. The molecule has 0 atom stereocenters. The summed E-state index contributed by atoms with van der Waals surface area (Å²) in [6.07, 6.45) is 1.97. The van der Waals surface area contributed by atoms with Gasteiger partial charge in [-0.25, -0.2) is 0 Å². The van der Waals surface area contributed by atoms with Crippen LogP contribution in [-0.2, 0) is 11.3 Å². The third kappa shape index (κ3) is 4.85. The van der Waals surface area contributed by atoms with Crippen molar-refractivity contribution in [2.24, 2.45) is 5.92 Å². The lowest BCUT2D eigenvalue weighted by Gasteiger charge is -2.32. The highest BCUT2D eigenvalue weighted by Crippen LogP contribution is 2.24. The molecule has 0 saturated carbocycles. The second kappa shape index (κ2) is 9.39. The Labute approximate surface area is 155 Å². The lowest BCUT2D eigenvalue weighted by molar-refractivity contribution is 0.0476. The number of para-hydroxylation sites is 1. The Kier molecular flexibility index (Phi) is 6.67. The quantitative estimate of drug-likeness (QED) is 0.750. The second-order valence-electron chi connectivity index (χ2n) is 6.67. The molecule has 26 heavy (non-hydrogen) atoms. The van der Waals surface area contributed by atoms with E-state index in [0.29, 0.717) is 30.4 Å². The lowest BCUT2D eigenvalue weighted by atomic mass is 9.97. The van der Waals surface area contributed by atoms with Crippen LogP contribution in [0.2, 0.25) is 0 Å². The number of carbonyl (C=O) groups excluding carboxylic acids is 1. The molecule has 1 aliphatic heterocycles. The van der Waals surface area contributed by atoms with E-state index in [-0.39, 0.29) is 5.91 Å². The van der Waals surface area contributed by atoms with Crippen molar-refractivity contribution in [3.05, 3.63) is 65.7 Å². The number of nitrogens with zero attached hydrogens (tertiary/aromatic N) is 1. The van der Waals surface area contributed by atoms with Crippen molar-refractivity contribution < 1.29 is 14.3 Å². The standard InChI is InChI=1S/C22H27NO3/c1-2-26-21-11-7-6-10-20(21)22(24)23-14-12-19(13-15-23)17-25-16-18-8-4-3-5-9-18/h3-11,19H,2,12-17H2,1H3. The monoisotopic (exact) mass is 353 g/mol. The van der Waals surface area contributed by atoms with Crippen molar-refractivity contribution in [3.8, 4) is 5.75 Å². The van der Waals surface area contributed by atoms with Crippen LogP contribution in [0.4, 0.5) is 0 Å². The van der Waals surface area contributed by atoms with Crippen LogP contribution in [0, 0.1) is 5.92 Å². The fourth-order valence-corrected chi connectivity index (χ4v) is 3.32. The molecule has 0 aromatic heterocycles. The van der Waals surface area contributed by atoms with Gasteiger partial charge in [-0.15, -0.1) is 0 Å².